The van der Waals surface area contributed by atoms with Gasteiger partial charge < -0.3 is 0 Å². The minimum Gasteiger partial charge on any atom is -0.131 e. The van der Waals surface area contributed by atoms with Crippen molar-refractivity contribution in [2.45, 2.75) is 0 Å². The zero-order valence-electron chi connectivity index (χ0n) is 5.34. The van der Waals surface area contributed by atoms with Crippen LogP contribution in [-0.2, 0) is 0 Å². The van der Waals surface area contributed by atoms with E-state index in [-0.39, 0.29) is 0 Å². The Morgan fingerprint density at radius 1 is 1.36 bits per heavy atom. The molecule has 0 bridgehead atoms. The predicted molar refractivity (Wildman–Crippen MR) is 57.1 cm³/mol. The van der Waals surface area contributed by atoms with E-state index in [1.165, 1.54) is 0 Å². The van der Waals surface area contributed by atoms with Crippen molar-refractivity contribution in [3.8, 4) is 0 Å². The second-order valence-corrected chi connectivity index (χ2v) is 3.93. The molecule has 0 N–H and O–H groups in total. The van der Waals surface area contributed by atoms with Crippen molar-refractivity contribution in [2.24, 2.45) is 0 Å². The fourth-order valence-electron chi connectivity index (χ4n) is 0.663. The minimum atomic E-state index is 0.478. The van der Waals surface area contributed by atoms with Crippen molar-refractivity contribution in [3.63, 3.8) is 0 Å². The van der Waals surface area contributed by atoms with Crippen molar-refractivity contribution in [1.82, 2.24) is 0 Å². The summed E-state index contributed by atoms with van der Waals surface area (Å²) < 4.78 is 0.478. The molecule has 0 amide bonds. The van der Waals surface area contributed by atoms with E-state index in [1.807, 2.05) is 0 Å². The monoisotopic (exact) mass is 222 g/mol. The Morgan fingerprint density at radius 3 is 2.45 bits per heavy atom. The summed E-state index contributed by atoms with van der Waals surface area (Å²) in [5, 5.41) is 1.14. The number of halogens is 2. The highest BCUT2D eigenvalue weighted by Crippen LogP contribution is 2.22. The van der Waals surface area contributed by atoms with Gasteiger partial charge in [-0.05, 0) is 12.1 Å². The van der Waals surface area contributed by atoms with Crippen molar-refractivity contribution in [3.05, 3.63) is 33.8 Å². The zero-order valence-corrected chi connectivity index (χ0v) is 8.57. The van der Waals surface area contributed by atoms with Crippen LogP contribution < -0.4 is 0 Å². The van der Waals surface area contributed by atoms with Gasteiger partial charge in [0, 0.05) is 10.6 Å². The molecule has 0 heterocycles. The first-order chi connectivity index (χ1) is 5.11. The molecule has 0 aliphatic carbocycles. The number of benzene rings is 1. The molecule has 0 nitrogen and oxygen atoms in total. The standard InChI is InChI=1S/C7H4Cl2S2/c8-4-1-2-5(7(10)11)6(9)3-4/h1-3H,(H,10,11). The predicted octanol–water partition coefficient (Wildman–Crippen LogP) is 3.60. The van der Waals surface area contributed by atoms with Gasteiger partial charge in [-0.2, -0.15) is 0 Å². The Bertz CT molecular complexity index is 296. The number of hydrogen-bond acceptors (Lipinski definition) is 1. The molecule has 58 valence electrons. The molecule has 0 aliphatic rings. The average Bonchev–Trinajstić information content (AvgIpc) is 1.85. The van der Waals surface area contributed by atoms with Gasteiger partial charge in [-0.15, -0.1) is 12.6 Å². The molecule has 0 aliphatic heterocycles. The van der Waals surface area contributed by atoms with Crippen molar-refractivity contribution >= 4 is 52.2 Å². The quantitative estimate of drug-likeness (QED) is 0.560. The lowest BCUT2D eigenvalue weighted by atomic mass is 10.2. The smallest absolute Gasteiger partial charge is 0.0762 e. The maximum atomic E-state index is 5.80. The Labute approximate surface area is 85.9 Å². The molecule has 4 heteroatoms. The van der Waals surface area contributed by atoms with Gasteiger partial charge in [0.05, 0.1) is 9.22 Å². The van der Waals surface area contributed by atoms with Crippen LogP contribution in [0.3, 0.4) is 0 Å². The first kappa shape index (κ1) is 9.33. The van der Waals surface area contributed by atoms with Crippen LogP contribution >= 0.6 is 48.0 Å². The maximum absolute atomic E-state index is 5.80. The van der Waals surface area contributed by atoms with Gasteiger partial charge in [-0.3, -0.25) is 0 Å². The minimum absolute atomic E-state index is 0.478. The number of thiol groups is 1. The molecule has 1 aromatic carbocycles. The Balaban J connectivity index is 3.20. The zero-order chi connectivity index (χ0) is 8.43. The van der Waals surface area contributed by atoms with Gasteiger partial charge in [0.1, 0.15) is 0 Å². The molecule has 0 unspecified atom stereocenters. The molecule has 11 heavy (non-hydrogen) atoms. The Hall–Kier alpha value is 0.240. The second kappa shape index (κ2) is 3.76. The van der Waals surface area contributed by atoms with Crippen LogP contribution in [0.2, 0.25) is 10.0 Å². The Morgan fingerprint density at radius 2 is 2.00 bits per heavy atom. The largest absolute Gasteiger partial charge is 0.131 e. The molecule has 0 fully saturated rings. The van der Waals surface area contributed by atoms with Crippen molar-refractivity contribution in [2.75, 3.05) is 0 Å². The number of rotatable bonds is 1. The molecular formula is C7H4Cl2S2. The van der Waals surface area contributed by atoms with Gasteiger partial charge in [0.2, 0.25) is 0 Å². The van der Waals surface area contributed by atoms with Gasteiger partial charge in [-0.1, -0.05) is 41.5 Å². The molecule has 1 aromatic rings. The van der Waals surface area contributed by atoms with Gasteiger partial charge in [-0.25, -0.2) is 0 Å². The summed E-state index contributed by atoms with van der Waals surface area (Å²) >= 11 is 20.3. The van der Waals surface area contributed by atoms with E-state index in [1.54, 1.807) is 18.2 Å². The molecular weight excluding hydrogens is 219 g/mol. The molecule has 0 spiro atoms. The first-order valence-corrected chi connectivity index (χ1v) is 4.41. The number of thiocarbonyl (C=S) groups is 1. The lowest BCUT2D eigenvalue weighted by molar-refractivity contribution is 1.68. The lowest BCUT2D eigenvalue weighted by Gasteiger charge is -1.99. The summed E-state index contributed by atoms with van der Waals surface area (Å²) in [4.78, 5) is 0. The maximum Gasteiger partial charge on any atom is 0.0762 e. The van der Waals surface area contributed by atoms with Crippen molar-refractivity contribution < 1.29 is 0 Å². The van der Waals surface area contributed by atoms with Crippen LogP contribution in [0.15, 0.2) is 18.2 Å². The van der Waals surface area contributed by atoms with E-state index in [2.05, 4.69) is 12.6 Å². The van der Waals surface area contributed by atoms with E-state index in [0.29, 0.717) is 14.2 Å². The van der Waals surface area contributed by atoms with Gasteiger partial charge in [0.15, 0.2) is 0 Å². The fraction of sp³-hybridized carbons (Fsp3) is 0. The van der Waals surface area contributed by atoms with Crippen LogP contribution in [0.25, 0.3) is 0 Å². The van der Waals surface area contributed by atoms with Gasteiger partial charge in [0.25, 0.3) is 0 Å². The highest BCUT2D eigenvalue weighted by atomic mass is 35.5. The SMILES string of the molecule is S=C(S)c1ccc(Cl)cc1Cl. The molecule has 0 aromatic heterocycles. The second-order valence-electron chi connectivity index (χ2n) is 1.93. The van der Waals surface area contributed by atoms with E-state index >= 15 is 0 Å². The molecule has 0 atom stereocenters. The summed E-state index contributed by atoms with van der Waals surface area (Å²) in [6.07, 6.45) is 0. The molecule has 1 rings (SSSR count). The highest BCUT2D eigenvalue weighted by molar-refractivity contribution is 8.11. The summed E-state index contributed by atoms with van der Waals surface area (Å²) in [5.74, 6) is 0. The van der Waals surface area contributed by atoms with Crippen molar-refractivity contribution in [1.29, 1.82) is 0 Å². The first-order valence-electron chi connectivity index (χ1n) is 2.79. The Kier molecular flexibility index (Phi) is 3.19. The van der Waals surface area contributed by atoms with Gasteiger partial charge >= 0.3 is 0 Å². The molecule has 0 saturated heterocycles. The van der Waals surface area contributed by atoms with Crippen LogP contribution in [0, 0.1) is 0 Å². The third-order valence-electron chi connectivity index (χ3n) is 1.16. The molecule has 0 saturated carbocycles. The third-order valence-corrected chi connectivity index (χ3v) is 2.17. The topological polar surface area (TPSA) is 0 Å². The fourth-order valence-corrected chi connectivity index (χ4v) is 1.66. The summed E-state index contributed by atoms with van der Waals surface area (Å²) in [6.45, 7) is 0. The summed E-state index contributed by atoms with van der Waals surface area (Å²) in [6, 6.07) is 5.12. The average molecular weight is 223 g/mol. The van der Waals surface area contributed by atoms with E-state index in [4.69, 9.17) is 35.4 Å². The normalized spacial score (nSPS) is 9.73. The summed E-state index contributed by atoms with van der Waals surface area (Å²) in [7, 11) is 0. The summed E-state index contributed by atoms with van der Waals surface area (Å²) in [5.41, 5.74) is 0.745. The van der Waals surface area contributed by atoms with Crippen LogP contribution in [0.4, 0.5) is 0 Å². The lowest BCUT2D eigenvalue weighted by Crippen LogP contribution is -1.87. The van der Waals surface area contributed by atoms with E-state index in [0.717, 1.165) is 5.56 Å². The van der Waals surface area contributed by atoms with Crippen LogP contribution in [0.1, 0.15) is 5.56 Å². The van der Waals surface area contributed by atoms with E-state index < -0.39 is 0 Å². The third kappa shape index (κ3) is 2.34. The number of hydrogen-bond donors (Lipinski definition) is 1. The van der Waals surface area contributed by atoms with E-state index in [9.17, 15) is 0 Å². The van der Waals surface area contributed by atoms with Crippen LogP contribution in [0.5, 0.6) is 0 Å². The molecule has 0 radical (unpaired) electrons. The highest BCUT2D eigenvalue weighted by Gasteiger charge is 2.02. The van der Waals surface area contributed by atoms with Crippen LogP contribution in [-0.4, -0.2) is 4.20 Å².